The summed E-state index contributed by atoms with van der Waals surface area (Å²) in [6.07, 6.45) is 1.64. The second kappa shape index (κ2) is 3.75. The minimum absolute atomic E-state index is 0.0716. The lowest BCUT2D eigenvalue weighted by molar-refractivity contribution is -0.118. The highest BCUT2D eigenvalue weighted by molar-refractivity contribution is 5.94. The number of likely N-dealkylation sites (N-methyl/N-ethyl adjacent to an activating group) is 1. The molecule has 0 fully saturated rings. The van der Waals surface area contributed by atoms with Crippen molar-refractivity contribution in [3.05, 3.63) is 24.0 Å². The molecule has 2 amide bonds. The number of primary amides is 1. The first-order valence-corrected chi connectivity index (χ1v) is 3.78. The standard InChI is InChI=1S/C8H11N3O2/c1-11(5-7(9)12)8(13)6-3-2-4-10-6/h2-4,10H,5H2,1H3,(H2,9,12). The van der Waals surface area contributed by atoms with Crippen LogP contribution in [0.25, 0.3) is 0 Å². The maximum atomic E-state index is 11.4. The molecule has 0 atom stereocenters. The molecule has 5 heteroatoms. The molecule has 5 nitrogen and oxygen atoms in total. The molecule has 0 aliphatic carbocycles. The molecular weight excluding hydrogens is 170 g/mol. The Kier molecular flexibility index (Phi) is 2.69. The number of nitrogens with zero attached hydrogens (tertiary/aromatic N) is 1. The number of nitrogens with one attached hydrogen (secondary N) is 1. The van der Waals surface area contributed by atoms with Crippen LogP contribution < -0.4 is 5.73 Å². The van der Waals surface area contributed by atoms with E-state index in [4.69, 9.17) is 5.73 Å². The Balaban J connectivity index is 2.63. The summed E-state index contributed by atoms with van der Waals surface area (Å²) >= 11 is 0. The predicted octanol–water partition coefficient (Wildman–Crippen LogP) is -0.428. The first-order chi connectivity index (χ1) is 6.11. The second-order valence-electron chi connectivity index (χ2n) is 2.71. The average Bonchev–Trinajstić information content (AvgIpc) is 2.53. The first kappa shape index (κ1) is 9.31. The summed E-state index contributed by atoms with van der Waals surface area (Å²) in [6.45, 7) is -0.0716. The van der Waals surface area contributed by atoms with E-state index in [1.807, 2.05) is 0 Å². The van der Waals surface area contributed by atoms with Crippen LogP contribution in [0.15, 0.2) is 18.3 Å². The first-order valence-electron chi connectivity index (χ1n) is 3.78. The van der Waals surface area contributed by atoms with Gasteiger partial charge >= 0.3 is 0 Å². The van der Waals surface area contributed by atoms with E-state index in [9.17, 15) is 9.59 Å². The van der Waals surface area contributed by atoms with E-state index in [0.717, 1.165) is 0 Å². The molecule has 13 heavy (non-hydrogen) atoms. The third-order valence-corrected chi connectivity index (χ3v) is 1.57. The van der Waals surface area contributed by atoms with E-state index in [2.05, 4.69) is 4.98 Å². The van der Waals surface area contributed by atoms with Gasteiger partial charge in [-0.15, -0.1) is 0 Å². The zero-order valence-electron chi connectivity index (χ0n) is 7.28. The van der Waals surface area contributed by atoms with Gasteiger partial charge in [-0.25, -0.2) is 0 Å². The predicted molar refractivity (Wildman–Crippen MR) is 46.9 cm³/mol. The summed E-state index contributed by atoms with van der Waals surface area (Å²) in [4.78, 5) is 25.9. The lowest BCUT2D eigenvalue weighted by Crippen LogP contribution is -2.35. The number of aromatic nitrogens is 1. The Morgan fingerprint density at radius 3 is 2.77 bits per heavy atom. The van der Waals surface area contributed by atoms with E-state index < -0.39 is 5.91 Å². The number of aromatic amines is 1. The van der Waals surface area contributed by atoms with Crippen LogP contribution in [0.1, 0.15) is 10.5 Å². The quantitative estimate of drug-likeness (QED) is 0.663. The fourth-order valence-electron chi connectivity index (χ4n) is 0.975. The van der Waals surface area contributed by atoms with Crippen molar-refractivity contribution in [1.82, 2.24) is 9.88 Å². The van der Waals surface area contributed by atoms with Crippen LogP contribution in [0.2, 0.25) is 0 Å². The van der Waals surface area contributed by atoms with Gasteiger partial charge < -0.3 is 15.6 Å². The Bertz CT molecular complexity index is 305. The van der Waals surface area contributed by atoms with Crippen LogP contribution >= 0.6 is 0 Å². The van der Waals surface area contributed by atoms with Gasteiger partial charge in [0.25, 0.3) is 5.91 Å². The summed E-state index contributed by atoms with van der Waals surface area (Å²) in [7, 11) is 1.52. The summed E-state index contributed by atoms with van der Waals surface area (Å²) in [5.41, 5.74) is 5.39. The van der Waals surface area contributed by atoms with Gasteiger partial charge in [0.1, 0.15) is 5.69 Å². The largest absolute Gasteiger partial charge is 0.368 e. The van der Waals surface area contributed by atoms with Gasteiger partial charge in [0.05, 0.1) is 6.54 Å². The van der Waals surface area contributed by atoms with Gasteiger partial charge in [0, 0.05) is 13.2 Å². The minimum Gasteiger partial charge on any atom is -0.368 e. The van der Waals surface area contributed by atoms with Crippen molar-refractivity contribution in [3.63, 3.8) is 0 Å². The number of carbonyl (C=O) groups excluding carboxylic acids is 2. The van der Waals surface area contributed by atoms with E-state index in [1.165, 1.54) is 11.9 Å². The third kappa shape index (κ3) is 2.33. The fraction of sp³-hybridized carbons (Fsp3) is 0.250. The summed E-state index contributed by atoms with van der Waals surface area (Å²) in [5, 5.41) is 0. The van der Waals surface area contributed by atoms with E-state index in [-0.39, 0.29) is 12.5 Å². The number of amides is 2. The molecule has 0 unspecified atom stereocenters. The third-order valence-electron chi connectivity index (χ3n) is 1.57. The van der Waals surface area contributed by atoms with Crippen LogP contribution in [-0.2, 0) is 4.79 Å². The van der Waals surface area contributed by atoms with Crippen molar-refractivity contribution in [2.75, 3.05) is 13.6 Å². The van der Waals surface area contributed by atoms with Crippen LogP contribution in [0.3, 0.4) is 0 Å². The van der Waals surface area contributed by atoms with Crippen molar-refractivity contribution >= 4 is 11.8 Å². The van der Waals surface area contributed by atoms with Gasteiger partial charge in [-0.3, -0.25) is 9.59 Å². The average molecular weight is 181 g/mol. The van der Waals surface area contributed by atoms with Crippen LogP contribution in [-0.4, -0.2) is 35.3 Å². The topological polar surface area (TPSA) is 79.2 Å². The molecular formula is C8H11N3O2. The molecule has 1 aromatic heterocycles. The molecule has 0 saturated heterocycles. The van der Waals surface area contributed by atoms with Crippen molar-refractivity contribution < 1.29 is 9.59 Å². The summed E-state index contributed by atoms with van der Waals surface area (Å²) in [5.74, 6) is -0.772. The van der Waals surface area contributed by atoms with Gasteiger partial charge in [-0.2, -0.15) is 0 Å². The van der Waals surface area contributed by atoms with Gasteiger partial charge in [0.15, 0.2) is 0 Å². The number of rotatable bonds is 3. The highest BCUT2D eigenvalue weighted by Gasteiger charge is 2.13. The Labute approximate surface area is 75.5 Å². The van der Waals surface area contributed by atoms with E-state index in [0.29, 0.717) is 5.69 Å². The van der Waals surface area contributed by atoms with Crippen molar-refractivity contribution in [2.45, 2.75) is 0 Å². The molecule has 0 saturated carbocycles. The van der Waals surface area contributed by atoms with Crippen LogP contribution in [0, 0.1) is 0 Å². The SMILES string of the molecule is CN(CC(N)=O)C(=O)c1ccc[nH]1. The highest BCUT2D eigenvalue weighted by Crippen LogP contribution is 1.98. The van der Waals surface area contributed by atoms with E-state index in [1.54, 1.807) is 18.3 Å². The van der Waals surface area contributed by atoms with Gasteiger partial charge in [-0.1, -0.05) is 0 Å². The van der Waals surface area contributed by atoms with Gasteiger partial charge in [0.2, 0.25) is 5.91 Å². The molecule has 70 valence electrons. The maximum Gasteiger partial charge on any atom is 0.270 e. The van der Waals surface area contributed by atoms with Crippen LogP contribution in [0.4, 0.5) is 0 Å². The minimum atomic E-state index is -0.526. The maximum absolute atomic E-state index is 11.4. The van der Waals surface area contributed by atoms with Crippen molar-refractivity contribution in [1.29, 1.82) is 0 Å². The van der Waals surface area contributed by atoms with Crippen molar-refractivity contribution in [2.24, 2.45) is 5.73 Å². The number of nitrogens with two attached hydrogens (primary N) is 1. The zero-order valence-corrected chi connectivity index (χ0v) is 7.28. The molecule has 0 spiro atoms. The molecule has 1 aromatic rings. The number of carbonyl (C=O) groups is 2. The highest BCUT2D eigenvalue weighted by atomic mass is 16.2. The molecule has 3 N–H and O–H groups in total. The molecule has 0 aliphatic rings. The smallest absolute Gasteiger partial charge is 0.270 e. The zero-order chi connectivity index (χ0) is 9.84. The normalized spacial score (nSPS) is 9.62. The van der Waals surface area contributed by atoms with E-state index >= 15 is 0 Å². The number of H-pyrrole nitrogens is 1. The van der Waals surface area contributed by atoms with Crippen LogP contribution in [0.5, 0.6) is 0 Å². The molecule has 0 bridgehead atoms. The lowest BCUT2D eigenvalue weighted by Gasteiger charge is -2.13. The monoisotopic (exact) mass is 181 g/mol. The lowest BCUT2D eigenvalue weighted by atomic mass is 10.3. The van der Waals surface area contributed by atoms with Gasteiger partial charge in [-0.05, 0) is 12.1 Å². The molecule has 0 aliphatic heterocycles. The second-order valence-corrected chi connectivity index (χ2v) is 2.71. The summed E-state index contributed by atoms with van der Waals surface area (Å²) < 4.78 is 0. The molecule has 0 aromatic carbocycles. The molecule has 1 heterocycles. The Morgan fingerprint density at radius 1 is 1.62 bits per heavy atom. The Hall–Kier alpha value is -1.78. The number of hydrogen-bond acceptors (Lipinski definition) is 2. The fourth-order valence-corrected chi connectivity index (χ4v) is 0.975. The van der Waals surface area contributed by atoms with Crippen molar-refractivity contribution in [3.8, 4) is 0 Å². The summed E-state index contributed by atoms with van der Waals surface area (Å²) in [6, 6.07) is 3.35. The molecule has 1 rings (SSSR count). The molecule has 0 radical (unpaired) electrons. The number of hydrogen-bond donors (Lipinski definition) is 2. The Morgan fingerprint density at radius 2 is 2.31 bits per heavy atom.